The highest BCUT2D eigenvalue weighted by molar-refractivity contribution is 5.09. The number of fused-ring (bicyclic) bond motifs is 5. The molecule has 8 atom stereocenters. The largest absolute Gasteiger partial charge is 0.393 e. The second-order valence-electron chi connectivity index (χ2n) is 10.0. The maximum atomic E-state index is 10.6. The number of hydrogen-bond acceptors (Lipinski definition) is 3. The van der Waals surface area contributed by atoms with Gasteiger partial charge in [-0.2, -0.15) is 0 Å². The average molecular weight is 335 g/mol. The molecule has 0 heterocycles. The number of aliphatic hydroxyl groups is 1. The third-order valence-corrected chi connectivity index (χ3v) is 9.19. The topological polar surface area (TPSA) is 58.3 Å². The lowest BCUT2D eigenvalue weighted by atomic mass is 9.45. The summed E-state index contributed by atoms with van der Waals surface area (Å²) in [6.07, 6.45) is 11.8. The monoisotopic (exact) mass is 334 g/mol. The van der Waals surface area contributed by atoms with Crippen LogP contribution < -0.4 is 11.1 Å². The number of hydrogen-bond donors (Lipinski definition) is 3. The van der Waals surface area contributed by atoms with Crippen molar-refractivity contribution in [1.82, 2.24) is 5.32 Å². The van der Waals surface area contributed by atoms with E-state index in [1.54, 1.807) is 0 Å². The Kier molecular flexibility index (Phi) is 4.50. The first-order valence-corrected chi connectivity index (χ1v) is 10.6. The first kappa shape index (κ1) is 17.3. The molecule has 138 valence electrons. The Morgan fingerprint density at radius 3 is 2.50 bits per heavy atom. The number of aliphatic hydroxyl groups excluding tert-OH is 1. The zero-order valence-electron chi connectivity index (χ0n) is 15.8. The highest BCUT2D eigenvalue weighted by atomic mass is 16.3. The molecule has 0 amide bonds. The van der Waals surface area contributed by atoms with Crippen molar-refractivity contribution in [2.45, 2.75) is 83.8 Å². The molecule has 0 saturated heterocycles. The van der Waals surface area contributed by atoms with E-state index in [1.165, 1.54) is 51.4 Å². The summed E-state index contributed by atoms with van der Waals surface area (Å²) >= 11 is 0. The van der Waals surface area contributed by atoms with E-state index in [2.05, 4.69) is 19.2 Å². The van der Waals surface area contributed by atoms with E-state index in [0.29, 0.717) is 11.5 Å². The molecule has 3 unspecified atom stereocenters. The smallest absolute Gasteiger partial charge is 0.0596 e. The summed E-state index contributed by atoms with van der Waals surface area (Å²) in [6, 6.07) is 0.699. The van der Waals surface area contributed by atoms with E-state index in [4.69, 9.17) is 5.73 Å². The van der Waals surface area contributed by atoms with Gasteiger partial charge in [-0.25, -0.2) is 0 Å². The molecular formula is C21H38N2O. The van der Waals surface area contributed by atoms with Gasteiger partial charge in [-0.05, 0) is 92.3 Å². The maximum absolute atomic E-state index is 10.6. The van der Waals surface area contributed by atoms with E-state index in [-0.39, 0.29) is 11.5 Å². The van der Waals surface area contributed by atoms with Crippen LogP contribution >= 0.6 is 0 Å². The van der Waals surface area contributed by atoms with E-state index in [1.807, 2.05) is 0 Å². The van der Waals surface area contributed by atoms with Crippen LogP contribution in [0.25, 0.3) is 0 Å². The van der Waals surface area contributed by atoms with Crippen LogP contribution in [0.15, 0.2) is 0 Å². The standard InChI is InChI=1S/C21H38N2O/c1-20-9-7-15(23-12-11-22)13-14(20)3-4-16-17-5-6-19(24)21(17,2)10-8-18(16)20/h14-19,23-24H,3-13,22H2,1-2H3/t14?,15?,16-,17-,18+,19?,20-,21-/m0/s1. The molecule has 4 N–H and O–H groups in total. The first-order chi connectivity index (χ1) is 11.5. The molecule has 4 aliphatic carbocycles. The van der Waals surface area contributed by atoms with Gasteiger partial charge in [-0.3, -0.25) is 0 Å². The predicted molar refractivity (Wildman–Crippen MR) is 98.6 cm³/mol. The molecular weight excluding hydrogens is 296 g/mol. The second kappa shape index (κ2) is 6.25. The molecule has 0 spiro atoms. The van der Waals surface area contributed by atoms with Gasteiger partial charge in [-0.15, -0.1) is 0 Å². The minimum absolute atomic E-state index is 0.0369. The predicted octanol–water partition coefficient (Wildman–Crippen LogP) is 3.31. The summed E-state index contributed by atoms with van der Waals surface area (Å²) in [5.41, 5.74) is 6.46. The van der Waals surface area contributed by atoms with Crippen molar-refractivity contribution in [3.8, 4) is 0 Å². The molecule has 0 aromatic carbocycles. The van der Waals surface area contributed by atoms with Crippen LogP contribution in [0.5, 0.6) is 0 Å². The van der Waals surface area contributed by atoms with Crippen LogP contribution in [-0.4, -0.2) is 30.3 Å². The average Bonchev–Trinajstić information content (AvgIpc) is 2.88. The van der Waals surface area contributed by atoms with Crippen molar-refractivity contribution in [1.29, 1.82) is 0 Å². The van der Waals surface area contributed by atoms with Crippen LogP contribution in [0.1, 0.15) is 71.6 Å². The highest BCUT2D eigenvalue weighted by Gasteiger charge is 2.59. The van der Waals surface area contributed by atoms with Gasteiger partial charge in [-0.1, -0.05) is 13.8 Å². The molecule has 4 aliphatic rings. The van der Waals surface area contributed by atoms with Gasteiger partial charge in [0.1, 0.15) is 0 Å². The summed E-state index contributed by atoms with van der Waals surface area (Å²) in [4.78, 5) is 0. The van der Waals surface area contributed by atoms with Crippen molar-refractivity contribution in [2.75, 3.05) is 13.1 Å². The lowest BCUT2D eigenvalue weighted by Gasteiger charge is -2.61. The molecule has 0 bridgehead atoms. The van der Waals surface area contributed by atoms with Gasteiger partial charge in [0.25, 0.3) is 0 Å². The summed E-state index contributed by atoms with van der Waals surface area (Å²) < 4.78 is 0. The van der Waals surface area contributed by atoms with Crippen molar-refractivity contribution in [2.24, 2.45) is 40.2 Å². The van der Waals surface area contributed by atoms with Crippen molar-refractivity contribution in [3.05, 3.63) is 0 Å². The summed E-state index contributed by atoms with van der Waals surface area (Å²) in [6.45, 7) is 6.75. The summed E-state index contributed by atoms with van der Waals surface area (Å²) in [5, 5.41) is 14.3. The molecule has 3 nitrogen and oxygen atoms in total. The van der Waals surface area contributed by atoms with Crippen LogP contribution in [0.4, 0.5) is 0 Å². The van der Waals surface area contributed by atoms with E-state index < -0.39 is 0 Å². The number of nitrogens with one attached hydrogen (secondary N) is 1. The fourth-order valence-corrected chi connectivity index (χ4v) is 7.70. The molecule has 4 rings (SSSR count). The van der Waals surface area contributed by atoms with Crippen molar-refractivity contribution >= 4 is 0 Å². The van der Waals surface area contributed by atoms with Gasteiger partial charge in [0.15, 0.2) is 0 Å². The minimum Gasteiger partial charge on any atom is -0.393 e. The van der Waals surface area contributed by atoms with Gasteiger partial charge in [0.2, 0.25) is 0 Å². The SMILES string of the molecule is C[C@]12CCC(NCCN)CC1CC[C@@H]1[C@H]2CC[C@]2(C)C(O)CC[C@@H]12. The molecule has 4 saturated carbocycles. The molecule has 0 radical (unpaired) electrons. The Balaban J connectivity index is 1.50. The lowest BCUT2D eigenvalue weighted by Crippen LogP contribution is -2.55. The molecule has 0 aromatic heterocycles. The number of rotatable bonds is 3. The Bertz CT molecular complexity index is 469. The fraction of sp³-hybridized carbons (Fsp3) is 1.00. The van der Waals surface area contributed by atoms with Gasteiger partial charge >= 0.3 is 0 Å². The van der Waals surface area contributed by atoms with Crippen LogP contribution in [0.3, 0.4) is 0 Å². The molecule has 4 fully saturated rings. The van der Waals surface area contributed by atoms with Gasteiger partial charge in [0, 0.05) is 19.1 Å². The summed E-state index contributed by atoms with van der Waals surface area (Å²) in [5.74, 6) is 3.49. The van der Waals surface area contributed by atoms with Crippen molar-refractivity contribution < 1.29 is 5.11 Å². The van der Waals surface area contributed by atoms with Crippen LogP contribution in [0, 0.1) is 34.5 Å². The molecule has 0 aliphatic heterocycles. The van der Waals surface area contributed by atoms with Gasteiger partial charge in [0.05, 0.1) is 6.10 Å². The molecule has 0 aromatic rings. The third kappa shape index (κ3) is 2.49. The Morgan fingerprint density at radius 1 is 0.958 bits per heavy atom. The Morgan fingerprint density at radius 2 is 1.71 bits per heavy atom. The normalized spacial score (nSPS) is 54.0. The first-order valence-electron chi connectivity index (χ1n) is 10.6. The molecule has 3 heteroatoms. The Labute approximate surface area is 148 Å². The van der Waals surface area contributed by atoms with Gasteiger partial charge < -0.3 is 16.2 Å². The summed E-state index contributed by atoms with van der Waals surface area (Å²) in [7, 11) is 0. The van der Waals surface area contributed by atoms with E-state index in [9.17, 15) is 5.11 Å². The van der Waals surface area contributed by atoms with E-state index >= 15 is 0 Å². The van der Waals surface area contributed by atoms with Crippen LogP contribution in [-0.2, 0) is 0 Å². The quantitative estimate of drug-likeness (QED) is 0.742. The third-order valence-electron chi connectivity index (χ3n) is 9.19. The highest BCUT2D eigenvalue weighted by Crippen LogP contribution is 2.66. The zero-order chi connectivity index (χ0) is 16.9. The lowest BCUT2D eigenvalue weighted by molar-refractivity contribution is -0.123. The van der Waals surface area contributed by atoms with Crippen LogP contribution in [0.2, 0.25) is 0 Å². The minimum atomic E-state index is -0.0369. The zero-order valence-corrected chi connectivity index (χ0v) is 15.8. The molecule has 24 heavy (non-hydrogen) atoms. The number of nitrogens with two attached hydrogens (primary N) is 1. The second-order valence-corrected chi connectivity index (χ2v) is 10.0. The van der Waals surface area contributed by atoms with Crippen molar-refractivity contribution in [3.63, 3.8) is 0 Å². The van der Waals surface area contributed by atoms with E-state index in [0.717, 1.165) is 43.2 Å². The maximum Gasteiger partial charge on any atom is 0.0596 e. The Hall–Kier alpha value is -0.120. The fourth-order valence-electron chi connectivity index (χ4n) is 7.70.